The lowest BCUT2D eigenvalue weighted by Gasteiger charge is -2.60. The van der Waals surface area contributed by atoms with Gasteiger partial charge < -0.3 is 10.2 Å². The Balaban J connectivity index is 1.37. The predicted octanol–water partition coefficient (Wildman–Crippen LogP) is 6.46. The maximum absolute atomic E-state index is 13.5. The Bertz CT molecular complexity index is 1100. The maximum atomic E-state index is 13.5. The Morgan fingerprint density at radius 1 is 1.14 bits per heavy atom. The van der Waals surface area contributed by atoms with Gasteiger partial charge in [-0.15, -0.1) is 6.58 Å². The molecule has 1 aromatic rings. The molecule has 0 bridgehead atoms. The van der Waals surface area contributed by atoms with Crippen molar-refractivity contribution >= 4 is 17.5 Å². The molecule has 3 aliphatic carbocycles. The van der Waals surface area contributed by atoms with Crippen LogP contribution in [0, 0.1) is 34.5 Å². The van der Waals surface area contributed by atoms with E-state index in [0.29, 0.717) is 30.7 Å². The zero-order chi connectivity index (χ0) is 25.9. The lowest BCUT2D eigenvalue weighted by molar-refractivity contribution is -0.142. The largest absolute Gasteiger partial charge is 0.418 e. The average molecular weight is 501 g/mol. The minimum Gasteiger partial charge on any atom is -0.332 e. The number of hydrogen-bond acceptors (Lipinski definition) is 2. The van der Waals surface area contributed by atoms with Crippen LogP contribution in [0.2, 0.25) is 0 Å². The van der Waals surface area contributed by atoms with Crippen LogP contribution >= 0.6 is 0 Å². The van der Waals surface area contributed by atoms with Crippen molar-refractivity contribution in [3.8, 4) is 0 Å². The van der Waals surface area contributed by atoms with E-state index in [2.05, 4.69) is 31.8 Å². The van der Waals surface area contributed by atoms with Crippen molar-refractivity contribution in [1.82, 2.24) is 4.90 Å². The second-order valence-electron chi connectivity index (χ2n) is 11.7. The van der Waals surface area contributed by atoms with Gasteiger partial charge in [-0.2, -0.15) is 13.2 Å². The number of nitrogens with one attached hydrogen (secondary N) is 1. The maximum Gasteiger partial charge on any atom is 0.418 e. The quantitative estimate of drug-likeness (QED) is 0.483. The molecule has 2 amide bonds. The third kappa shape index (κ3) is 3.81. The zero-order valence-corrected chi connectivity index (χ0v) is 21.0. The highest BCUT2D eigenvalue weighted by molar-refractivity contribution is 5.94. The first-order valence-corrected chi connectivity index (χ1v) is 13.1. The van der Waals surface area contributed by atoms with E-state index in [1.807, 2.05) is 4.90 Å². The van der Waals surface area contributed by atoms with Crippen molar-refractivity contribution < 1.29 is 22.8 Å². The molecule has 2 unspecified atom stereocenters. The highest BCUT2D eigenvalue weighted by atomic mass is 19.4. The van der Waals surface area contributed by atoms with Crippen LogP contribution in [0.3, 0.4) is 0 Å². The first-order chi connectivity index (χ1) is 17.0. The molecule has 1 heterocycles. The normalized spacial score (nSPS) is 37.6. The van der Waals surface area contributed by atoms with Gasteiger partial charge in [0.15, 0.2) is 0 Å². The van der Waals surface area contributed by atoms with Gasteiger partial charge in [0.05, 0.1) is 11.3 Å². The van der Waals surface area contributed by atoms with Crippen molar-refractivity contribution in [2.24, 2.45) is 34.5 Å². The summed E-state index contributed by atoms with van der Waals surface area (Å²) in [5.74, 6) is 0.647. The molecule has 0 radical (unpaired) electrons. The Morgan fingerprint density at radius 2 is 1.89 bits per heavy atom. The number of hydrogen-bond donors (Lipinski definition) is 1. The van der Waals surface area contributed by atoms with Crippen molar-refractivity contribution in [2.75, 3.05) is 11.9 Å². The number of halogens is 3. The molecule has 3 fully saturated rings. The van der Waals surface area contributed by atoms with Gasteiger partial charge in [-0.25, -0.2) is 0 Å². The number of rotatable bonds is 4. The van der Waals surface area contributed by atoms with Crippen LogP contribution in [0.4, 0.5) is 18.9 Å². The summed E-state index contributed by atoms with van der Waals surface area (Å²) in [7, 11) is 0. The standard InChI is InChI=1S/C29H35F3N2O2/c1-4-17-34-24-12-9-18-19-10-11-22(26(36)33-23-8-6-5-7-21(23)29(30,31)32)27(19,2)15-13-20(18)28(24,3)16-14-25(34)35/h4-8,14,16,18-20,22,24H,1,9-13,15,17H2,2-3H3,(H,33,36)/t18-,19-,20+,22?,24?,27-,28+/m0/s1. The second-order valence-corrected chi connectivity index (χ2v) is 11.7. The number of benzene rings is 1. The third-order valence-corrected chi connectivity index (χ3v) is 10.1. The molecule has 1 aromatic carbocycles. The van der Waals surface area contributed by atoms with Crippen LogP contribution in [0.15, 0.2) is 49.1 Å². The fourth-order valence-corrected chi connectivity index (χ4v) is 8.44. The molecule has 1 aliphatic heterocycles. The number of carbonyl (C=O) groups is 2. The Kier molecular flexibility index (Phi) is 6.12. The number of alkyl halides is 3. The molecule has 0 spiro atoms. The fraction of sp³-hybridized carbons (Fsp3) is 0.586. The summed E-state index contributed by atoms with van der Waals surface area (Å²) in [5.41, 5.74) is -1.33. The van der Waals surface area contributed by atoms with Gasteiger partial charge in [-0.3, -0.25) is 9.59 Å². The minimum absolute atomic E-state index is 0.0493. The summed E-state index contributed by atoms with van der Waals surface area (Å²) in [5, 5.41) is 2.64. The molecule has 4 aliphatic rings. The Hall–Kier alpha value is -2.57. The van der Waals surface area contributed by atoms with Crippen molar-refractivity contribution in [1.29, 1.82) is 0 Å². The fourth-order valence-electron chi connectivity index (χ4n) is 8.44. The molecular weight excluding hydrogens is 465 g/mol. The smallest absolute Gasteiger partial charge is 0.332 e. The summed E-state index contributed by atoms with van der Waals surface area (Å²) in [4.78, 5) is 28.0. The average Bonchev–Trinajstić information content (AvgIpc) is 3.18. The molecule has 0 saturated heterocycles. The van der Waals surface area contributed by atoms with E-state index in [9.17, 15) is 22.8 Å². The highest BCUT2D eigenvalue weighted by Crippen LogP contribution is 2.65. The number of fused-ring (bicyclic) bond motifs is 5. The molecule has 5 rings (SSSR count). The zero-order valence-electron chi connectivity index (χ0n) is 21.0. The molecule has 3 saturated carbocycles. The summed E-state index contributed by atoms with van der Waals surface area (Å²) in [6.07, 6.45) is 6.47. The molecule has 1 N–H and O–H groups in total. The number of amides is 2. The van der Waals surface area contributed by atoms with E-state index in [4.69, 9.17) is 0 Å². The third-order valence-electron chi connectivity index (χ3n) is 10.1. The van der Waals surface area contributed by atoms with Crippen LogP contribution in [0.25, 0.3) is 0 Å². The summed E-state index contributed by atoms with van der Waals surface area (Å²) in [6, 6.07) is 5.36. The molecule has 4 nitrogen and oxygen atoms in total. The van der Waals surface area contributed by atoms with Crippen LogP contribution in [0.1, 0.15) is 57.9 Å². The van der Waals surface area contributed by atoms with Gasteiger partial charge in [0.25, 0.3) is 0 Å². The molecule has 36 heavy (non-hydrogen) atoms. The monoisotopic (exact) mass is 500 g/mol. The number of para-hydroxylation sites is 1. The lowest BCUT2D eigenvalue weighted by Crippen LogP contribution is -2.60. The summed E-state index contributed by atoms with van der Waals surface area (Å²) in [6.45, 7) is 8.85. The van der Waals surface area contributed by atoms with E-state index < -0.39 is 11.7 Å². The van der Waals surface area contributed by atoms with E-state index in [1.54, 1.807) is 12.2 Å². The molecule has 7 atom stereocenters. The van der Waals surface area contributed by atoms with Crippen LogP contribution in [-0.4, -0.2) is 29.3 Å². The number of carbonyl (C=O) groups excluding carboxylic acids is 2. The Morgan fingerprint density at radius 3 is 2.61 bits per heavy atom. The predicted molar refractivity (Wildman–Crippen MR) is 133 cm³/mol. The van der Waals surface area contributed by atoms with Gasteiger partial charge in [0.1, 0.15) is 0 Å². The van der Waals surface area contributed by atoms with Crippen LogP contribution in [0.5, 0.6) is 0 Å². The first-order valence-electron chi connectivity index (χ1n) is 13.1. The molecule has 194 valence electrons. The minimum atomic E-state index is -4.52. The topological polar surface area (TPSA) is 49.4 Å². The lowest BCUT2D eigenvalue weighted by atomic mass is 9.47. The van der Waals surface area contributed by atoms with E-state index in [-0.39, 0.29) is 40.3 Å². The second kappa shape index (κ2) is 8.77. The van der Waals surface area contributed by atoms with Crippen LogP contribution < -0.4 is 5.32 Å². The molecule has 0 aromatic heterocycles. The van der Waals surface area contributed by atoms with Gasteiger partial charge >= 0.3 is 6.18 Å². The summed E-state index contributed by atoms with van der Waals surface area (Å²) < 4.78 is 40.5. The summed E-state index contributed by atoms with van der Waals surface area (Å²) >= 11 is 0. The van der Waals surface area contributed by atoms with E-state index in [0.717, 1.165) is 38.2 Å². The molecular formula is C29H35F3N2O2. The van der Waals surface area contributed by atoms with Crippen molar-refractivity contribution in [3.05, 3.63) is 54.6 Å². The van der Waals surface area contributed by atoms with Gasteiger partial charge in [-0.05, 0) is 79.9 Å². The first kappa shape index (κ1) is 25.1. The SMILES string of the molecule is C=CCN1C(=O)C=C[C@@]2(C)C1CC[C@@H]1[C@H]2CC[C@]2(C)C(C(=O)Nc3ccccc3C(F)(F)F)CC[C@@H]12. The van der Waals surface area contributed by atoms with E-state index in [1.165, 1.54) is 18.2 Å². The Labute approximate surface area is 211 Å². The van der Waals surface area contributed by atoms with Gasteiger partial charge in [-0.1, -0.05) is 38.1 Å². The number of nitrogens with zero attached hydrogens (tertiary/aromatic N) is 1. The van der Waals surface area contributed by atoms with Gasteiger partial charge in [0, 0.05) is 23.9 Å². The van der Waals surface area contributed by atoms with E-state index >= 15 is 0 Å². The van der Waals surface area contributed by atoms with Crippen molar-refractivity contribution in [3.63, 3.8) is 0 Å². The molecule has 7 heteroatoms. The van der Waals surface area contributed by atoms with Gasteiger partial charge in [0.2, 0.25) is 11.8 Å². The number of anilines is 1. The van der Waals surface area contributed by atoms with Crippen LogP contribution in [-0.2, 0) is 15.8 Å². The van der Waals surface area contributed by atoms with Crippen molar-refractivity contribution in [2.45, 2.75) is 64.6 Å². The highest BCUT2D eigenvalue weighted by Gasteiger charge is 2.61.